The number of hydrogen-bond donors (Lipinski definition) is 3. The topological polar surface area (TPSA) is 128 Å². The van der Waals surface area contributed by atoms with Crippen LogP contribution in [0, 0.1) is 0 Å². The third kappa shape index (κ3) is 4.59. The van der Waals surface area contributed by atoms with E-state index in [2.05, 4.69) is 15.2 Å². The molecule has 1 aromatic carbocycles. The van der Waals surface area contributed by atoms with Crippen molar-refractivity contribution in [2.24, 2.45) is 15.0 Å². The number of ether oxygens (including phenoxy) is 2. The number of carboxylic acids is 1. The molecule has 0 radical (unpaired) electrons. The number of nitrogens with one attached hydrogen (secondary N) is 1. The van der Waals surface area contributed by atoms with Gasteiger partial charge < -0.3 is 29.9 Å². The molecule has 3 heterocycles. The van der Waals surface area contributed by atoms with Crippen LogP contribution in [0.25, 0.3) is 0 Å². The van der Waals surface area contributed by atoms with E-state index in [0.29, 0.717) is 56.8 Å². The molecule has 0 aliphatic carbocycles. The van der Waals surface area contributed by atoms with E-state index in [1.165, 1.54) is 6.08 Å². The first kappa shape index (κ1) is 21.0. The van der Waals surface area contributed by atoms with E-state index in [0.717, 1.165) is 5.56 Å². The number of aliphatic imine (C=N–C) groups is 3. The fourth-order valence-corrected chi connectivity index (χ4v) is 3.69. The Labute approximate surface area is 179 Å². The van der Waals surface area contributed by atoms with E-state index in [1.54, 1.807) is 31.4 Å². The van der Waals surface area contributed by atoms with Crippen molar-refractivity contribution < 1.29 is 24.5 Å². The second-order valence-corrected chi connectivity index (χ2v) is 7.30. The number of carbonyl (C=O) groups is 1. The second kappa shape index (κ2) is 9.27. The van der Waals surface area contributed by atoms with Crippen LogP contribution in [0.5, 0.6) is 5.75 Å². The summed E-state index contributed by atoms with van der Waals surface area (Å²) >= 11 is 0. The zero-order valence-electron chi connectivity index (χ0n) is 17.2. The summed E-state index contributed by atoms with van der Waals surface area (Å²) in [6.07, 6.45) is 1.50. The molecule has 3 aliphatic heterocycles. The lowest BCUT2D eigenvalue weighted by molar-refractivity contribution is -0.129. The number of benzene rings is 1. The Morgan fingerprint density at radius 1 is 1.23 bits per heavy atom. The molecule has 1 saturated heterocycles. The molecule has 3 aliphatic rings. The normalized spacial score (nSPS) is 23.2. The van der Waals surface area contributed by atoms with Crippen molar-refractivity contribution in [3.8, 4) is 5.75 Å². The molecule has 10 nitrogen and oxygen atoms in total. The quantitative estimate of drug-likeness (QED) is 0.567. The van der Waals surface area contributed by atoms with Crippen LogP contribution in [0.4, 0.5) is 0 Å². The van der Waals surface area contributed by atoms with Crippen LogP contribution >= 0.6 is 0 Å². The van der Waals surface area contributed by atoms with Crippen molar-refractivity contribution in [1.82, 2.24) is 10.2 Å². The van der Waals surface area contributed by atoms with Gasteiger partial charge >= 0.3 is 5.97 Å². The van der Waals surface area contributed by atoms with Crippen molar-refractivity contribution in [3.63, 3.8) is 0 Å². The predicted octanol–water partition coefficient (Wildman–Crippen LogP) is 0.604. The van der Waals surface area contributed by atoms with Gasteiger partial charge in [0.25, 0.3) is 0 Å². The number of phenolic OH excluding ortho intramolecular Hbond substituents is 1. The summed E-state index contributed by atoms with van der Waals surface area (Å²) in [7, 11) is 1.60. The van der Waals surface area contributed by atoms with Gasteiger partial charge in [-0.25, -0.2) is 14.8 Å². The van der Waals surface area contributed by atoms with E-state index in [1.807, 2.05) is 0 Å². The van der Waals surface area contributed by atoms with Gasteiger partial charge in [-0.15, -0.1) is 0 Å². The van der Waals surface area contributed by atoms with Crippen molar-refractivity contribution >= 4 is 23.4 Å². The summed E-state index contributed by atoms with van der Waals surface area (Å²) in [6, 6.07) is 5.64. The van der Waals surface area contributed by atoms with Gasteiger partial charge in [0.1, 0.15) is 23.5 Å². The third-order valence-electron chi connectivity index (χ3n) is 5.26. The SMILES string of the molecule is COCCNC1=CC(C(=O)O)=NC2C1=NC(N1CCOCC1)=NC2c1ccc(O)cc1. The zero-order valence-corrected chi connectivity index (χ0v) is 17.2. The number of hydrogen-bond acceptors (Lipinski definition) is 9. The highest BCUT2D eigenvalue weighted by molar-refractivity contribution is 6.42. The zero-order chi connectivity index (χ0) is 21.8. The Bertz CT molecular complexity index is 947. The first-order chi connectivity index (χ1) is 15.1. The van der Waals surface area contributed by atoms with E-state index in [4.69, 9.17) is 19.5 Å². The maximum atomic E-state index is 11.7. The van der Waals surface area contributed by atoms with Gasteiger partial charge in [0.15, 0.2) is 0 Å². The molecule has 1 aromatic rings. The van der Waals surface area contributed by atoms with Crippen molar-refractivity contribution in [2.45, 2.75) is 12.1 Å². The lowest BCUT2D eigenvalue weighted by Crippen LogP contribution is -2.46. The van der Waals surface area contributed by atoms with E-state index >= 15 is 0 Å². The molecule has 10 heteroatoms. The predicted molar refractivity (Wildman–Crippen MR) is 115 cm³/mol. The molecule has 0 spiro atoms. The summed E-state index contributed by atoms with van der Waals surface area (Å²) in [5.74, 6) is -0.399. The summed E-state index contributed by atoms with van der Waals surface area (Å²) in [5, 5.41) is 22.5. The average molecular weight is 427 g/mol. The fourth-order valence-electron chi connectivity index (χ4n) is 3.69. The van der Waals surface area contributed by atoms with Crippen molar-refractivity contribution in [3.05, 3.63) is 41.6 Å². The molecule has 0 amide bonds. The number of guanidine groups is 1. The maximum absolute atomic E-state index is 11.7. The van der Waals surface area contributed by atoms with Crippen LogP contribution in [-0.4, -0.2) is 91.1 Å². The van der Waals surface area contributed by atoms with Gasteiger partial charge in [0, 0.05) is 26.7 Å². The largest absolute Gasteiger partial charge is 0.508 e. The van der Waals surface area contributed by atoms with Crippen LogP contribution in [0.2, 0.25) is 0 Å². The first-order valence-corrected chi connectivity index (χ1v) is 10.1. The maximum Gasteiger partial charge on any atom is 0.354 e. The Morgan fingerprint density at radius 3 is 2.65 bits per heavy atom. The van der Waals surface area contributed by atoms with Crippen LogP contribution < -0.4 is 5.32 Å². The molecule has 2 atom stereocenters. The molecule has 1 fully saturated rings. The van der Waals surface area contributed by atoms with E-state index in [9.17, 15) is 15.0 Å². The number of morpholine rings is 1. The van der Waals surface area contributed by atoms with Gasteiger partial charge in [-0.3, -0.25) is 4.99 Å². The van der Waals surface area contributed by atoms with Crippen LogP contribution in [0.1, 0.15) is 11.6 Å². The number of fused-ring (bicyclic) bond motifs is 1. The van der Waals surface area contributed by atoms with Crippen molar-refractivity contribution in [2.75, 3.05) is 46.6 Å². The van der Waals surface area contributed by atoms with Crippen LogP contribution in [0.3, 0.4) is 0 Å². The molecule has 4 rings (SSSR count). The Kier molecular flexibility index (Phi) is 6.28. The number of rotatable bonds is 6. The lowest BCUT2D eigenvalue weighted by atomic mass is 9.91. The van der Waals surface area contributed by atoms with Crippen LogP contribution in [0.15, 0.2) is 51.0 Å². The summed E-state index contributed by atoms with van der Waals surface area (Å²) < 4.78 is 10.6. The third-order valence-corrected chi connectivity index (χ3v) is 5.26. The van der Waals surface area contributed by atoms with Gasteiger partial charge in [-0.2, -0.15) is 0 Å². The summed E-state index contributed by atoms with van der Waals surface area (Å²) in [6.45, 7) is 3.47. The molecule has 0 aromatic heterocycles. The molecule has 3 N–H and O–H groups in total. The number of carboxylic acid groups (broad SMARTS) is 1. The highest BCUT2D eigenvalue weighted by Gasteiger charge is 2.38. The molecular formula is C21H25N5O5. The standard InChI is InChI=1S/C21H25N5O5/c1-30-9-6-22-15-12-16(20(28)29)23-19-17(13-2-4-14(27)5-3-13)24-21(25-18(15)19)26-7-10-31-11-8-26/h2-5,12,17,19,22,27H,6-11H2,1H3,(H,28,29). The van der Waals surface area contributed by atoms with Crippen molar-refractivity contribution in [1.29, 1.82) is 0 Å². The molecule has 0 saturated carbocycles. The molecule has 164 valence electrons. The van der Waals surface area contributed by atoms with E-state index < -0.39 is 18.1 Å². The number of nitrogens with zero attached hydrogens (tertiary/aromatic N) is 4. The Hall–Kier alpha value is -3.24. The van der Waals surface area contributed by atoms with E-state index in [-0.39, 0.29) is 11.5 Å². The molecular weight excluding hydrogens is 402 g/mol. The first-order valence-electron chi connectivity index (χ1n) is 10.1. The number of aromatic hydroxyl groups is 1. The van der Waals surface area contributed by atoms with Gasteiger partial charge in [-0.05, 0) is 23.8 Å². The number of methoxy groups -OCH3 is 1. The highest BCUT2D eigenvalue weighted by atomic mass is 16.5. The molecule has 31 heavy (non-hydrogen) atoms. The summed E-state index contributed by atoms with van der Waals surface area (Å²) in [4.78, 5) is 27.9. The minimum Gasteiger partial charge on any atom is -0.508 e. The number of aliphatic carboxylic acids is 1. The smallest absolute Gasteiger partial charge is 0.354 e. The van der Waals surface area contributed by atoms with Crippen LogP contribution in [-0.2, 0) is 14.3 Å². The minimum absolute atomic E-state index is 0.0577. The lowest BCUT2D eigenvalue weighted by Gasteiger charge is -2.35. The highest BCUT2D eigenvalue weighted by Crippen LogP contribution is 2.33. The second-order valence-electron chi connectivity index (χ2n) is 7.30. The Morgan fingerprint density at radius 2 is 1.97 bits per heavy atom. The van der Waals surface area contributed by atoms with Gasteiger partial charge in [0.05, 0.1) is 31.2 Å². The Balaban J connectivity index is 1.76. The minimum atomic E-state index is -1.11. The summed E-state index contributed by atoms with van der Waals surface area (Å²) in [5.41, 5.74) is 1.99. The molecule has 0 bridgehead atoms. The fraction of sp³-hybridized carbons (Fsp3) is 0.429. The number of phenols is 1. The molecule has 2 unspecified atom stereocenters. The van der Waals surface area contributed by atoms with Gasteiger partial charge in [-0.1, -0.05) is 12.1 Å². The number of dihydropyridines is 1. The van der Waals surface area contributed by atoms with Gasteiger partial charge in [0.2, 0.25) is 5.96 Å². The monoisotopic (exact) mass is 427 g/mol. The average Bonchev–Trinajstić information content (AvgIpc) is 2.79.